The van der Waals surface area contributed by atoms with Crippen LogP contribution >= 0.6 is 11.6 Å². The number of rotatable bonds is 7. The van der Waals surface area contributed by atoms with Crippen molar-refractivity contribution in [2.75, 3.05) is 37.6 Å². The Labute approximate surface area is 196 Å². The lowest BCUT2D eigenvalue weighted by Crippen LogP contribution is -2.53. The summed E-state index contributed by atoms with van der Waals surface area (Å²) in [6.07, 6.45) is 5.23. The number of nitrogens with two attached hydrogens (primary N) is 3. The van der Waals surface area contributed by atoms with Crippen LogP contribution in [0.25, 0.3) is 0 Å². The topological polar surface area (TPSA) is 193 Å². The third-order valence-electron chi connectivity index (χ3n) is 5.58. The number of hydrazone groups is 1. The third kappa shape index (κ3) is 5.80. The van der Waals surface area contributed by atoms with Gasteiger partial charge in [0.05, 0.1) is 5.54 Å². The number of aliphatic imine (C=N–C) groups is 1. The summed E-state index contributed by atoms with van der Waals surface area (Å²) in [4.78, 5) is 38.6. The van der Waals surface area contributed by atoms with E-state index in [0.29, 0.717) is 57.8 Å². The monoisotopic (exact) mass is 477 g/mol. The van der Waals surface area contributed by atoms with Crippen LogP contribution in [0, 0.1) is 0 Å². The van der Waals surface area contributed by atoms with E-state index in [-0.39, 0.29) is 33.9 Å². The van der Waals surface area contributed by atoms with Gasteiger partial charge in [-0.3, -0.25) is 14.6 Å². The highest BCUT2D eigenvalue weighted by Crippen LogP contribution is 2.25. The molecule has 2 aliphatic rings. The molecule has 0 aromatic carbocycles. The SMILES string of the molecule is C=CN(CCCC(=O)N1CCC2(CC1)CN/C(=N\C(=O)c1nc(Cl)c(N)nc1N)N2)/N=C\N. The molecule has 2 amide bonds. The Kier molecular flexibility index (Phi) is 7.53. The molecule has 2 aliphatic heterocycles. The molecule has 33 heavy (non-hydrogen) atoms. The van der Waals surface area contributed by atoms with Crippen LogP contribution in [0.5, 0.6) is 0 Å². The first-order chi connectivity index (χ1) is 15.8. The average molecular weight is 478 g/mol. The number of anilines is 2. The van der Waals surface area contributed by atoms with Crippen molar-refractivity contribution < 1.29 is 9.59 Å². The van der Waals surface area contributed by atoms with Gasteiger partial charge in [-0.25, -0.2) is 9.97 Å². The molecule has 0 atom stereocenters. The first-order valence-corrected chi connectivity index (χ1v) is 10.8. The number of carbonyl (C=O) groups excluding carboxylic acids is 2. The van der Waals surface area contributed by atoms with E-state index in [9.17, 15) is 9.59 Å². The summed E-state index contributed by atoms with van der Waals surface area (Å²) >= 11 is 5.83. The highest BCUT2D eigenvalue weighted by Gasteiger charge is 2.40. The number of halogens is 1. The van der Waals surface area contributed by atoms with E-state index in [1.165, 1.54) is 6.34 Å². The van der Waals surface area contributed by atoms with Gasteiger partial charge in [0.25, 0.3) is 0 Å². The predicted octanol–water partition coefficient (Wildman–Crippen LogP) is -0.528. The van der Waals surface area contributed by atoms with Gasteiger partial charge in [0.15, 0.2) is 28.4 Å². The van der Waals surface area contributed by atoms with Crippen LogP contribution in [0.2, 0.25) is 5.15 Å². The van der Waals surface area contributed by atoms with Crippen LogP contribution in [0.3, 0.4) is 0 Å². The van der Waals surface area contributed by atoms with Crippen molar-refractivity contribution in [1.82, 2.24) is 30.5 Å². The Bertz CT molecular complexity index is 973. The third-order valence-corrected chi connectivity index (χ3v) is 5.85. The lowest BCUT2D eigenvalue weighted by molar-refractivity contribution is -0.132. The molecule has 0 bridgehead atoms. The molecule has 0 unspecified atom stereocenters. The maximum atomic E-state index is 12.5. The van der Waals surface area contributed by atoms with E-state index < -0.39 is 5.91 Å². The molecule has 1 aromatic rings. The van der Waals surface area contributed by atoms with Gasteiger partial charge in [0, 0.05) is 38.8 Å². The second-order valence-electron chi connectivity index (χ2n) is 7.75. The Balaban J connectivity index is 1.51. The van der Waals surface area contributed by atoms with Crippen LogP contribution in [-0.4, -0.2) is 75.7 Å². The van der Waals surface area contributed by atoms with Gasteiger partial charge in [-0.2, -0.15) is 10.1 Å². The van der Waals surface area contributed by atoms with Crippen molar-refractivity contribution >= 4 is 47.3 Å². The summed E-state index contributed by atoms with van der Waals surface area (Å²) in [5.74, 6) is -0.474. The van der Waals surface area contributed by atoms with Gasteiger partial charge in [-0.1, -0.05) is 18.2 Å². The van der Waals surface area contributed by atoms with Crippen LogP contribution < -0.4 is 27.8 Å². The van der Waals surface area contributed by atoms with E-state index in [0.717, 1.165) is 0 Å². The highest BCUT2D eigenvalue weighted by molar-refractivity contribution is 6.31. The average Bonchev–Trinajstić information content (AvgIpc) is 3.17. The van der Waals surface area contributed by atoms with E-state index in [1.54, 1.807) is 11.2 Å². The molecule has 3 heterocycles. The molecular formula is C19H28ClN11O2. The number of carbonyl (C=O) groups is 2. The smallest absolute Gasteiger partial charge is 0.302 e. The van der Waals surface area contributed by atoms with Crippen LogP contribution in [-0.2, 0) is 4.79 Å². The van der Waals surface area contributed by atoms with E-state index in [1.807, 2.05) is 4.90 Å². The summed E-state index contributed by atoms with van der Waals surface area (Å²) < 4.78 is 0. The van der Waals surface area contributed by atoms with Crippen LogP contribution in [0.15, 0.2) is 22.9 Å². The van der Waals surface area contributed by atoms with Gasteiger partial charge in [-0.15, -0.1) is 0 Å². The summed E-state index contributed by atoms with van der Waals surface area (Å²) in [5, 5.41) is 11.8. The fourth-order valence-corrected chi connectivity index (χ4v) is 3.86. The Morgan fingerprint density at radius 1 is 1.27 bits per heavy atom. The number of likely N-dealkylation sites (tertiary alicyclic amines) is 1. The molecule has 0 aliphatic carbocycles. The van der Waals surface area contributed by atoms with Crippen molar-refractivity contribution in [3.8, 4) is 0 Å². The summed E-state index contributed by atoms with van der Waals surface area (Å²) in [5.41, 5.74) is 16.1. The molecule has 8 N–H and O–H groups in total. The number of nitrogens with one attached hydrogen (secondary N) is 2. The van der Waals surface area contributed by atoms with Gasteiger partial charge >= 0.3 is 5.91 Å². The molecule has 0 saturated carbocycles. The quantitative estimate of drug-likeness (QED) is 0.193. The maximum absolute atomic E-state index is 12.5. The van der Waals surface area contributed by atoms with Gasteiger partial charge < -0.3 is 32.7 Å². The molecule has 14 heteroatoms. The molecular weight excluding hydrogens is 450 g/mol. The van der Waals surface area contributed by atoms with E-state index in [4.69, 9.17) is 28.8 Å². The minimum atomic E-state index is -0.686. The second kappa shape index (κ2) is 10.3. The number of hydrogen-bond donors (Lipinski definition) is 5. The number of guanidine groups is 1. The molecule has 178 valence electrons. The number of piperidine rings is 1. The largest absolute Gasteiger partial charge is 0.388 e. The zero-order valence-corrected chi connectivity index (χ0v) is 18.9. The summed E-state index contributed by atoms with van der Waals surface area (Å²) in [7, 11) is 0. The van der Waals surface area contributed by atoms with Crippen LogP contribution in [0.4, 0.5) is 11.6 Å². The van der Waals surface area contributed by atoms with Gasteiger partial charge in [0.2, 0.25) is 5.91 Å². The van der Waals surface area contributed by atoms with E-state index in [2.05, 4.69) is 37.3 Å². The molecule has 1 spiro atoms. The Hall–Kier alpha value is -3.61. The molecule has 0 radical (unpaired) electrons. The molecule has 2 fully saturated rings. The normalized spacial score (nSPS) is 18.3. The van der Waals surface area contributed by atoms with Crippen molar-refractivity contribution in [3.63, 3.8) is 0 Å². The first-order valence-electron chi connectivity index (χ1n) is 10.4. The predicted molar refractivity (Wildman–Crippen MR) is 126 cm³/mol. The maximum Gasteiger partial charge on any atom is 0.302 e. The fraction of sp³-hybridized carbons (Fsp3) is 0.474. The van der Waals surface area contributed by atoms with Crippen molar-refractivity contribution in [1.29, 1.82) is 0 Å². The van der Waals surface area contributed by atoms with Crippen molar-refractivity contribution in [2.45, 2.75) is 31.2 Å². The minimum Gasteiger partial charge on any atom is -0.388 e. The van der Waals surface area contributed by atoms with E-state index >= 15 is 0 Å². The van der Waals surface area contributed by atoms with Crippen LogP contribution in [0.1, 0.15) is 36.2 Å². The molecule has 2 saturated heterocycles. The zero-order valence-electron chi connectivity index (χ0n) is 18.1. The molecule has 13 nitrogen and oxygen atoms in total. The summed E-state index contributed by atoms with van der Waals surface area (Å²) in [6, 6.07) is 0. The number of hydrogen-bond acceptors (Lipinski definition) is 8. The lowest BCUT2D eigenvalue weighted by Gasteiger charge is -2.38. The first kappa shape index (κ1) is 24.0. The minimum absolute atomic E-state index is 0.0576. The molecule has 3 rings (SSSR count). The van der Waals surface area contributed by atoms with Crippen molar-refractivity contribution in [3.05, 3.63) is 23.6 Å². The summed E-state index contributed by atoms with van der Waals surface area (Å²) in [6.45, 7) is 6.01. The standard InChI is InChI=1S/C19H28ClN11O2/c1-2-31(25-11-21)7-3-4-12(32)30-8-5-19(6-9-30)10-24-18(29-19)28-17(33)13-15(22)27-16(23)14(20)26-13/h2,11H,1,3-10H2,(H2,21,25)(H4,22,23,27)(H2,24,28,29,33). The van der Waals surface area contributed by atoms with Crippen molar-refractivity contribution in [2.24, 2.45) is 15.8 Å². The Morgan fingerprint density at radius 3 is 2.67 bits per heavy atom. The molecule has 1 aromatic heterocycles. The highest BCUT2D eigenvalue weighted by atomic mass is 35.5. The second-order valence-corrected chi connectivity index (χ2v) is 8.11. The van der Waals surface area contributed by atoms with Gasteiger partial charge in [0.1, 0.15) is 6.34 Å². The number of nitrogen functional groups attached to an aromatic ring is 2. The Morgan fingerprint density at radius 2 is 2.00 bits per heavy atom. The lowest BCUT2D eigenvalue weighted by atomic mass is 9.88. The number of aromatic nitrogens is 2. The zero-order chi connectivity index (χ0) is 24.0. The fourth-order valence-electron chi connectivity index (χ4n) is 3.73. The van der Waals surface area contributed by atoms with Gasteiger partial charge in [-0.05, 0) is 19.3 Å². The number of amides is 2. The number of nitrogens with zero attached hydrogens (tertiary/aromatic N) is 6.